The molecule has 0 aliphatic carbocycles. The highest BCUT2D eigenvalue weighted by Crippen LogP contribution is 2.32. The topological polar surface area (TPSA) is 43.8 Å². The summed E-state index contributed by atoms with van der Waals surface area (Å²) < 4.78 is 3.99. The zero-order valence-corrected chi connectivity index (χ0v) is 13.7. The molecule has 18 heavy (non-hydrogen) atoms. The van der Waals surface area contributed by atoms with Crippen LogP contribution in [0.1, 0.15) is 20.8 Å². The van der Waals surface area contributed by atoms with Crippen LogP contribution in [0.2, 0.25) is 0 Å². The molecule has 0 aliphatic rings. The Balaban J connectivity index is 2.52. The summed E-state index contributed by atoms with van der Waals surface area (Å²) in [6, 6.07) is 5.99. The van der Waals surface area contributed by atoms with Crippen molar-refractivity contribution >= 4 is 37.7 Å². The Morgan fingerprint density at radius 2 is 1.83 bits per heavy atom. The third-order valence-electron chi connectivity index (χ3n) is 2.72. The zero-order chi connectivity index (χ0) is 13.5. The van der Waals surface area contributed by atoms with Crippen LogP contribution in [-0.4, -0.2) is 9.55 Å². The van der Waals surface area contributed by atoms with Crippen molar-refractivity contribution in [2.45, 2.75) is 26.3 Å². The van der Waals surface area contributed by atoms with Gasteiger partial charge in [-0.05, 0) is 64.8 Å². The van der Waals surface area contributed by atoms with E-state index < -0.39 is 0 Å². The molecule has 0 radical (unpaired) electrons. The molecule has 0 fully saturated rings. The van der Waals surface area contributed by atoms with E-state index in [-0.39, 0.29) is 5.54 Å². The van der Waals surface area contributed by atoms with E-state index in [4.69, 9.17) is 5.73 Å². The molecule has 0 amide bonds. The van der Waals surface area contributed by atoms with Gasteiger partial charge in [0, 0.05) is 20.0 Å². The lowest BCUT2D eigenvalue weighted by molar-refractivity contribution is 0.402. The Bertz CT molecular complexity index is 582. The summed E-state index contributed by atoms with van der Waals surface area (Å²) in [4.78, 5) is 4.43. The number of nitrogen functional groups attached to an aromatic ring is 1. The van der Waals surface area contributed by atoms with Gasteiger partial charge in [0.15, 0.2) is 0 Å². The molecule has 0 atom stereocenters. The highest BCUT2D eigenvalue weighted by atomic mass is 79.9. The molecule has 1 aromatic heterocycles. The van der Waals surface area contributed by atoms with E-state index in [0.29, 0.717) is 5.82 Å². The van der Waals surface area contributed by atoms with Gasteiger partial charge in [-0.15, -0.1) is 0 Å². The molecule has 3 nitrogen and oxygen atoms in total. The second-order valence-corrected chi connectivity index (χ2v) is 6.86. The Kier molecular flexibility index (Phi) is 3.56. The second-order valence-electron chi connectivity index (χ2n) is 5.15. The number of anilines is 1. The van der Waals surface area contributed by atoms with Crippen molar-refractivity contribution in [2.24, 2.45) is 0 Å². The minimum absolute atomic E-state index is 0.0675. The van der Waals surface area contributed by atoms with Gasteiger partial charge in [-0.1, -0.05) is 6.07 Å². The quantitative estimate of drug-likeness (QED) is 0.805. The molecule has 1 aromatic carbocycles. The van der Waals surface area contributed by atoms with Gasteiger partial charge in [0.1, 0.15) is 11.5 Å². The fraction of sp³-hybridized carbons (Fsp3) is 0.308. The highest BCUT2D eigenvalue weighted by molar-refractivity contribution is 9.13. The summed E-state index contributed by atoms with van der Waals surface area (Å²) in [6.45, 7) is 6.31. The average Bonchev–Trinajstić information content (AvgIpc) is 2.64. The number of aromatic nitrogens is 2. The first kappa shape index (κ1) is 13.6. The van der Waals surface area contributed by atoms with E-state index in [9.17, 15) is 0 Å². The van der Waals surface area contributed by atoms with Crippen molar-refractivity contribution in [3.63, 3.8) is 0 Å². The molecular weight excluding hydrogens is 358 g/mol. The molecule has 2 N–H and O–H groups in total. The van der Waals surface area contributed by atoms with Gasteiger partial charge in [-0.25, -0.2) is 4.98 Å². The Hall–Kier alpha value is -0.810. The van der Waals surface area contributed by atoms with E-state index in [1.807, 2.05) is 22.8 Å². The molecule has 0 aliphatic heterocycles. The van der Waals surface area contributed by atoms with Gasteiger partial charge >= 0.3 is 0 Å². The zero-order valence-electron chi connectivity index (χ0n) is 10.5. The van der Waals surface area contributed by atoms with Crippen LogP contribution in [0.4, 0.5) is 5.82 Å². The van der Waals surface area contributed by atoms with Gasteiger partial charge in [0.2, 0.25) is 0 Å². The SMILES string of the molecule is CC(C)(C)n1cnc(-c2ccc(Br)c(Br)c2)c1N. The van der Waals surface area contributed by atoms with Crippen LogP contribution in [0, 0.1) is 0 Å². The number of benzene rings is 1. The van der Waals surface area contributed by atoms with Crippen LogP contribution in [0.3, 0.4) is 0 Å². The third kappa shape index (κ3) is 2.47. The van der Waals surface area contributed by atoms with E-state index in [2.05, 4.69) is 57.6 Å². The number of hydrogen-bond acceptors (Lipinski definition) is 2. The van der Waals surface area contributed by atoms with E-state index in [0.717, 1.165) is 20.2 Å². The van der Waals surface area contributed by atoms with Crippen molar-refractivity contribution in [1.29, 1.82) is 0 Å². The maximum absolute atomic E-state index is 6.18. The van der Waals surface area contributed by atoms with Crippen LogP contribution in [-0.2, 0) is 5.54 Å². The summed E-state index contributed by atoms with van der Waals surface area (Å²) in [5.74, 6) is 0.691. The second kappa shape index (κ2) is 4.70. The molecule has 0 unspecified atom stereocenters. The van der Waals surface area contributed by atoms with Crippen LogP contribution < -0.4 is 5.73 Å². The van der Waals surface area contributed by atoms with Crippen molar-refractivity contribution < 1.29 is 0 Å². The van der Waals surface area contributed by atoms with Gasteiger partial charge in [-0.3, -0.25) is 0 Å². The van der Waals surface area contributed by atoms with Crippen molar-refractivity contribution in [3.05, 3.63) is 33.5 Å². The molecular formula is C13H15Br2N3. The molecule has 2 rings (SSSR count). The first-order chi connectivity index (χ1) is 8.30. The molecule has 96 valence electrons. The summed E-state index contributed by atoms with van der Waals surface area (Å²) in [5, 5.41) is 0. The highest BCUT2D eigenvalue weighted by Gasteiger charge is 2.19. The lowest BCUT2D eigenvalue weighted by atomic mass is 10.1. The molecule has 5 heteroatoms. The first-order valence-electron chi connectivity index (χ1n) is 5.59. The van der Waals surface area contributed by atoms with E-state index in [1.165, 1.54) is 0 Å². The number of halogens is 2. The first-order valence-corrected chi connectivity index (χ1v) is 7.18. The summed E-state index contributed by atoms with van der Waals surface area (Å²) in [5.41, 5.74) is 7.94. The molecule has 2 aromatic rings. The molecule has 0 saturated heterocycles. The van der Waals surface area contributed by atoms with Crippen molar-refractivity contribution in [3.8, 4) is 11.3 Å². The van der Waals surface area contributed by atoms with Crippen LogP contribution in [0.15, 0.2) is 33.5 Å². The number of nitrogens with zero attached hydrogens (tertiary/aromatic N) is 2. The van der Waals surface area contributed by atoms with Crippen molar-refractivity contribution in [1.82, 2.24) is 9.55 Å². The summed E-state index contributed by atoms with van der Waals surface area (Å²) in [6.07, 6.45) is 1.79. The third-order valence-corrected chi connectivity index (χ3v) is 4.60. The van der Waals surface area contributed by atoms with Gasteiger partial charge in [0.05, 0.1) is 6.33 Å². The number of hydrogen-bond donors (Lipinski definition) is 1. The Labute approximate surface area is 124 Å². The maximum atomic E-state index is 6.18. The number of imidazole rings is 1. The predicted octanol–water partition coefficient (Wildman–Crippen LogP) is 4.41. The van der Waals surface area contributed by atoms with Crippen LogP contribution in [0.25, 0.3) is 11.3 Å². The van der Waals surface area contributed by atoms with E-state index >= 15 is 0 Å². The number of nitrogens with two attached hydrogens (primary N) is 1. The van der Waals surface area contributed by atoms with E-state index in [1.54, 1.807) is 6.33 Å². The van der Waals surface area contributed by atoms with Crippen molar-refractivity contribution in [2.75, 3.05) is 5.73 Å². The minimum atomic E-state index is -0.0675. The summed E-state index contributed by atoms with van der Waals surface area (Å²) >= 11 is 6.95. The largest absolute Gasteiger partial charge is 0.383 e. The Morgan fingerprint density at radius 3 is 2.33 bits per heavy atom. The Morgan fingerprint density at radius 1 is 1.17 bits per heavy atom. The smallest absolute Gasteiger partial charge is 0.132 e. The molecule has 0 spiro atoms. The van der Waals surface area contributed by atoms with Gasteiger partial charge < -0.3 is 10.3 Å². The lowest BCUT2D eigenvalue weighted by Crippen LogP contribution is -2.22. The lowest BCUT2D eigenvalue weighted by Gasteiger charge is -2.22. The standard InChI is InChI=1S/C13H15Br2N3/c1-13(2,3)18-7-17-11(12(18)16)8-4-5-9(14)10(15)6-8/h4-7H,16H2,1-3H3. The fourth-order valence-electron chi connectivity index (χ4n) is 1.76. The summed E-state index contributed by atoms with van der Waals surface area (Å²) in [7, 11) is 0. The van der Waals surface area contributed by atoms with Gasteiger partial charge in [0.25, 0.3) is 0 Å². The molecule has 0 saturated carbocycles. The number of rotatable bonds is 1. The maximum Gasteiger partial charge on any atom is 0.132 e. The molecule has 1 heterocycles. The van der Waals surface area contributed by atoms with Crippen LogP contribution >= 0.6 is 31.9 Å². The fourth-order valence-corrected chi connectivity index (χ4v) is 2.38. The van der Waals surface area contributed by atoms with Gasteiger partial charge in [-0.2, -0.15) is 0 Å². The monoisotopic (exact) mass is 371 g/mol. The minimum Gasteiger partial charge on any atom is -0.383 e. The average molecular weight is 373 g/mol. The normalized spacial score (nSPS) is 11.8. The predicted molar refractivity (Wildman–Crippen MR) is 82.5 cm³/mol. The molecule has 0 bridgehead atoms. The van der Waals surface area contributed by atoms with Crippen LogP contribution in [0.5, 0.6) is 0 Å².